The Morgan fingerprint density at radius 1 is 1.29 bits per heavy atom. The predicted molar refractivity (Wildman–Crippen MR) is 58.3 cm³/mol. The van der Waals surface area contributed by atoms with Crippen molar-refractivity contribution in [3.63, 3.8) is 0 Å². The van der Waals surface area contributed by atoms with Gasteiger partial charge < -0.3 is 4.74 Å². The van der Waals surface area contributed by atoms with Crippen molar-refractivity contribution < 1.29 is 4.74 Å². The van der Waals surface area contributed by atoms with E-state index in [1.165, 1.54) is 0 Å². The smallest absolute Gasteiger partial charge is 0.247 e. The van der Waals surface area contributed by atoms with Crippen molar-refractivity contribution in [2.45, 2.75) is 0 Å². The summed E-state index contributed by atoms with van der Waals surface area (Å²) in [5.41, 5.74) is 2.01. The van der Waals surface area contributed by atoms with Crippen LogP contribution >= 0.6 is 15.9 Å². The SMILES string of the molecule is COc1n[nH]c(-c2ccccc2)c1Br. The molecule has 72 valence electrons. The van der Waals surface area contributed by atoms with Gasteiger partial charge in [-0.05, 0) is 15.9 Å². The molecule has 1 N–H and O–H groups in total. The third-order valence-electron chi connectivity index (χ3n) is 1.93. The zero-order chi connectivity index (χ0) is 9.97. The Bertz CT molecular complexity index is 425. The first-order valence-electron chi connectivity index (χ1n) is 4.16. The van der Waals surface area contributed by atoms with Crippen molar-refractivity contribution in [1.82, 2.24) is 10.2 Å². The molecule has 2 rings (SSSR count). The second-order valence-electron chi connectivity index (χ2n) is 2.79. The van der Waals surface area contributed by atoms with E-state index in [1.807, 2.05) is 30.3 Å². The van der Waals surface area contributed by atoms with Gasteiger partial charge in [0.2, 0.25) is 5.88 Å². The average Bonchev–Trinajstić information content (AvgIpc) is 2.61. The summed E-state index contributed by atoms with van der Waals surface area (Å²) >= 11 is 3.43. The van der Waals surface area contributed by atoms with Gasteiger partial charge in [0.1, 0.15) is 4.47 Å². The Morgan fingerprint density at radius 2 is 2.00 bits per heavy atom. The number of aromatic amines is 1. The third-order valence-corrected chi connectivity index (χ3v) is 2.67. The first-order chi connectivity index (χ1) is 6.83. The van der Waals surface area contributed by atoms with Gasteiger partial charge in [-0.2, -0.15) is 0 Å². The molecule has 0 fully saturated rings. The van der Waals surface area contributed by atoms with Gasteiger partial charge in [-0.3, -0.25) is 5.10 Å². The Balaban J connectivity index is 2.48. The monoisotopic (exact) mass is 252 g/mol. The van der Waals surface area contributed by atoms with Gasteiger partial charge in [0.25, 0.3) is 0 Å². The van der Waals surface area contributed by atoms with Crippen molar-refractivity contribution in [1.29, 1.82) is 0 Å². The number of rotatable bonds is 2. The number of halogens is 1. The van der Waals surface area contributed by atoms with Crippen LogP contribution in [0, 0.1) is 0 Å². The fraction of sp³-hybridized carbons (Fsp3) is 0.100. The Morgan fingerprint density at radius 3 is 2.57 bits per heavy atom. The van der Waals surface area contributed by atoms with E-state index in [-0.39, 0.29) is 0 Å². The number of aromatic nitrogens is 2. The summed E-state index contributed by atoms with van der Waals surface area (Å²) in [6.45, 7) is 0. The van der Waals surface area contributed by atoms with E-state index >= 15 is 0 Å². The third kappa shape index (κ3) is 1.53. The molecule has 14 heavy (non-hydrogen) atoms. The van der Waals surface area contributed by atoms with Crippen LogP contribution in [-0.4, -0.2) is 17.3 Å². The Kier molecular flexibility index (Phi) is 2.54. The number of ether oxygens (including phenoxy) is 1. The van der Waals surface area contributed by atoms with Crippen LogP contribution in [0.1, 0.15) is 0 Å². The van der Waals surface area contributed by atoms with E-state index in [0.29, 0.717) is 5.88 Å². The molecule has 0 saturated heterocycles. The summed E-state index contributed by atoms with van der Waals surface area (Å²) in [6, 6.07) is 9.96. The van der Waals surface area contributed by atoms with E-state index in [4.69, 9.17) is 4.74 Å². The fourth-order valence-electron chi connectivity index (χ4n) is 1.24. The van der Waals surface area contributed by atoms with Crippen LogP contribution < -0.4 is 4.74 Å². The summed E-state index contributed by atoms with van der Waals surface area (Å²) in [4.78, 5) is 0. The van der Waals surface area contributed by atoms with E-state index in [9.17, 15) is 0 Å². The molecule has 0 amide bonds. The zero-order valence-electron chi connectivity index (χ0n) is 7.62. The maximum Gasteiger partial charge on any atom is 0.247 e. The molecule has 1 aromatic heterocycles. The minimum absolute atomic E-state index is 0.573. The van der Waals surface area contributed by atoms with Crippen LogP contribution in [0.2, 0.25) is 0 Å². The lowest BCUT2D eigenvalue weighted by molar-refractivity contribution is 0.394. The van der Waals surface area contributed by atoms with Crippen molar-refractivity contribution in [2.24, 2.45) is 0 Å². The number of hydrogen-bond acceptors (Lipinski definition) is 2. The van der Waals surface area contributed by atoms with Crippen LogP contribution in [0.25, 0.3) is 11.3 Å². The lowest BCUT2D eigenvalue weighted by Crippen LogP contribution is -1.81. The number of benzene rings is 1. The highest BCUT2D eigenvalue weighted by Gasteiger charge is 2.11. The van der Waals surface area contributed by atoms with Crippen LogP contribution in [0.3, 0.4) is 0 Å². The maximum atomic E-state index is 5.06. The van der Waals surface area contributed by atoms with Crippen LogP contribution in [-0.2, 0) is 0 Å². The average molecular weight is 253 g/mol. The molecule has 0 spiro atoms. The number of nitrogens with one attached hydrogen (secondary N) is 1. The van der Waals surface area contributed by atoms with Crippen molar-refractivity contribution >= 4 is 15.9 Å². The molecule has 0 aliphatic carbocycles. The topological polar surface area (TPSA) is 37.9 Å². The maximum absolute atomic E-state index is 5.06. The summed E-state index contributed by atoms with van der Waals surface area (Å²) in [6.07, 6.45) is 0. The summed E-state index contributed by atoms with van der Waals surface area (Å²) in [7, 11) is 1.59. The molecular formula is C10H9BrN2O. The zero-order valence-corrected chi connectivity index (χ0v) is 9.21. The molecule has 0 aliphatic rings. The van der Waals surface area contributed by atoms with Crippen LogP contribution in [0.4, 0.5) is 0 Å². The van der Waals surface area contributed by atoms with E-state index in [2.05, 4.69) is 26.1 Å². The number of hydrogen-bond donors (Lipinski definition) is 1. The molecular weight excluding hydrogens is 244 g/mol. The number of methoxy groups -OCH3 is 1. The molecule has 0 atom stereocenters. The summed E-state index contributed by atoms with van der Waals surface area (Å²) in [5, 5.41) is 6.94. The largest absolute Gasteiger partial charge is 0.479 e. The van der Waals surface area contributed by atoms with Crippen molar-refractivity contribution in [3.8, 4) is 17.1 Å². The molecule has 0 bridgehead atoms. The second kappa shape index (κ2) is 3.84. The predicted octanol–water partition coefficient (Wildman–Crippen LogP) is 2.85. The number of nitrogens with zero attached hydrogens (tertiary/aromatic N) is 1. The van der Waals surface area contributed by atoms with Crippen molar-refractivity contribution in [3.05, 3.63) is 34.8 Å². The normalized spacial score (nSPS) is 10.1. The van der Waals surface area contributed by atoms with Gasteiger partial charge >= 0.3 is 0 Å². The second-order valence-corrected chi connectivity index (χ2v) is 3.58. The molecule has 1 aromatic carbocycles. The quantitative estimate of drug-likeness (QED) is 0.893. The van der Waals surface area contributed by atoms with Crippen molar-refractivity contribution in [2.75, 3.05) is 7.11 Å². The van der Waals surface area contributed by atoms with Crippen LogP contribution in [0.5, 0.6) is 5.88 Å². The molecule has 2 aromatic rings. The van der Waals surface area contributed by atoms with E-state index in [0.717, 1.165) is 15.7 Å². The van der Waals surface area contributed by atoms with Gasteiger partial charge in [0.15, 0.2) is 0 Å². The first-order valence-corrected chi connectivity index (χ1v) is 4.95. The van der Waals surface area contributed by atoms with Gasteiger partial charge in [-0.1, -0.05) is 30.3 Å². The molecule has 0 radical (unpaired) electrons. The molecule has 0 saturated carbocycles. The lowest BCUT2D eigenvalue weighted by Gasteiger charge is -1.97. The molecule has 0 unspecified atom stereocenters. The van der Waals surface area contributed by atoms with Crippen LogP contribution in [0.15, 0.2) is 34.8 Å². The minimum Gasteiger partial charge on any atom is -0.479 e. The van der Waals surface area contributed by atoms with Gasteiger partial charge in [-0.15, -0.1) is 5.10 Å². The molecule has 3 nitrogen and oxygen atoms in total. The lowest BCUT2D eigenvalue weighted by atomic mass is 10.2. The van der Waals surface area contributed by atoms with E-state index < -0.39 is 0 Å². The highest BCUT2D eigenvalue weighted by Crippen LogP contribution is 2.32. The van der Waals surface area contributed by atoms with E-state index in [1.54, 1.807) is 7.11 Å². The minimum atomic E-state index is 0.573. The Hall–Kier alpha value is -1.29. The molecule has 1 heterocycles. The van der Waals surface area contributed by atoms with Gasteiger partial charge in [-0.25, -0.2) is 0 Å². The highest BCUT2D eigenvalue weighted by molar-refractivity contribution is 9.10. The standard InChI is InChI=1S/C10H9BrN2O/c1-14-10-8(11)9(12-13-10)7-5-3-2-4-6-7/h2-6H,1H3,(H,12,13). The first kappa shape index (κ1) is 9.27. The highest BCUT2D eigenvalue weighted by atomic mass is 79.9. The fourth-order valence-corrected chi connectivity index (χ4v) is 1.81. The molecule has 4 heteroatoms. The van der Waals surface area contributed by atoms with Gasteiger partial charge in [0.05, 0.1) is 12.8 Å². The summed E-state index contributed by atoms with van der Waals surface area (Å²) < 4.78 is 5.91. The Labute approximate surface area is 90.2 Å². The number of H-pyrrole nitrogens is 1. The molecule has 0 aliphatic heterocycles. The van der Waals surface area contributed by atoms with Gasteiger partial charge in [0, 0.05) is 5.56 Å². The summed E-state index contributed by atoms with van der Waals surface area (Å²) in [5.74, 6) is 0.573.